The van der Waals surface area contributed by atoms with Crippen LogP contribution in [0.2, 0.25) is 0 Å². The summed E-state index contributed by atoms with van der Waals surface area (Å²) in [6.07, 6.45) is 0.933. The number of hydrogen-bond donors (Lipinski definition) is 1. The van der Waals surface area contributed by atoms with Gasteiger partial charge in [0.2, 0.25) is 0 Å². The zero-order valence-corrected chi connectivity index (χ0v) is 9.69. The van der Waals surface area contributed by atoms with Gasteiger partial charge in [-0.3, -0.25) is 5.10 Å². The van der Waals surface area contributed by atoms with Crippen LogP contribution >= 0.6 is 10.7 Å². The van der Waals surface area contributed by atoms with Gasteiger partial charge in [-0.1, -0.05) is 0 Å². The topological polar surface area (TPSA) is 62.8 Å². The molecule has 17 heavy (non-hydrogen) atoms. The van der Waals surface area contributed by atoms with Gasteiger partial charge in [-0.15, -0.1) is 0 Å². The number of nitrogens with one attached hydrogen (secondary N) is 1. The fraction of sp³-hybridized carbons (Fsp3) is 0. The summed E-state index contributed by atoms with van der Waals surface area (Å²) in [4.78, 5) is -0.399. The first kappa shape index (κ1) is 12.0. The lowest BCUT2D eigenvalue weighted by molar-refractivity contribution is 0.601. The average Bonchev–Trinajstić information content (AvgIpc) is 2.69. The van der Waals surface area contributed by atoms with Crippen LogP contribution in [-0.4, -0.2) is 18.6 Å². The SMILES string of the molecule is O=S(=O)(Cl)c1cn[nH]c1-c1cc(F)ccc1F. The van der Waals surface area contributed by atoms with Crippen molar-refractivity contribution in [2.24, 2.45) is 0 Å². The van der Waals surface area contributed by atoms with Crippen molar-refractivity contribution in [3.8, 4) is 11.3 Å². The molecule has 1 aromatic carbocycles. The lowest BCUT2D eigenvalue weighted by Crippen LogP contribution is -1.94. The molecule has 0 radical (unpaired) electrons. The van der Waals surface area contributed by atoms with Crippen LogP contribution in [0.25, 0.3) is 11.3 Å². The zero-order valence-electron chi connectivity index (χ0n) is 8.12. The fourth-order valence-electron chi connectivity index (χ4n) is 1.34. The van der Waals surface area contributed by atoms with E-state index >= 15 is 0 Å². The van der Waals surface area contributed by atoms with Crippen molar-refractivity contribution < 1.29 is 17.2 Å². The Kier molecular flexibility index (Phi) is 2.88. The Morgan fingerprint density at radius 2 is 2.00 bits per heavy atom. The van der Waals surface area contributed by atoms with Gasteiger partial charge in [-0.2, -0.15) is 5.10 Å². The highest BCUT2D eigenvalue weighted by molar-refractivity contribution is 8.13. The molecular formula is C9H5ClF2N2O2S. The van der Waals surface area contributed by atoms with Crippen molar-refractivity contribution >= 4 is 19.7 Å². The van der Waals surface area contributed by atoms with E-state index in [0.717, 1.165) is 24.4 Å². The second-order valence-corrected chi connectivity index (χ2v) is 5.71. The third-order valence-electron chi connectivity index (χ3n) is 2.06. The summed E-state index contributed by atoms with van der Waals surface area (Å²) in [5.41, 5.74) is -0.432. The molecule has 2 aromatic rings. The smallest absolute Gasteiger partial charge is 0.265 e. The molecule has 0 unspecified atom stereocenters. The molecule has 2 rings (SSSR count). The minimum atomic E-state index is -4.08. The van der Waals surface area contributed by atoms with Crippen LogP contribution in [0.1, 0.15) is 0 Å². The van der Waals surface area contributed by atoms with Gasteiger partial charge in [0.15, 0.2) is 0 Å². The quantitative estimate of drug-likeness (QED) is 0.857. The number of nitrogens with zero attached hydrogens (tertiary/aromatic N) is 1. The summed E-state index contributed by atoms with van der Waals surface area (Å²) in [5.74, 6) is -1.48. The van der Waals surface area contributed by atoms with Gasteiger partial charge in [0, 0.05) is 16.2 Å². The molecule has 0 amide bonds. The minimum Gasteiger partial charge on any atom is -0.276 e. The third kappa shape index (κ3) is 2.29. The van der Waals surface area contributed by atoms with E-state index in [4.69, 9.17) is 10.7 Å². The van der Waals surface area contributed by atoms with Gasteiger partial charge in [0.05, 0.1) is 11.9 Å². The van der Waals surface area contributed by atoms with Gasteiger partial charge in [0.1, 0.15) is 16.5 Å². The van der Waals surface area contributed by atoms with Crippen LogP contribution in [-0.2, 0) is 9.05 Å². The second kappa shape index (κ2) is 4.08. The van der Waals surface area contributed by atoms with Crippen molar-refractivity contribution in [1.82, 2.24) is 10.2 Å². The number of H-pyrrole nitrogens is 1. The molecule has 0 atom stereocenters. The van der Waals surface area contributed by atoms with Crippen molar-refractivity contribution in [2.75, 3.05) is 0 Å². The van der Waals surface area contributed by atoms with Gasteiger partial charge in [-0.05, 0) is 18.2 Å². The summed E-state index contributed by atoms with van der Waals surface area (Å²) in [6.45, 7) is 0. The molecule has 8 heteroatoms. The molecule has 0 saturated heterocycles. The first-order chi connectivity index (χ1) is 7.89. The number of benzene rings is 1. The van der Waals surface area contributed by atoms with E-state index in [0.29, 0.717) is 0 Å². The van der Waals surface area contributed by atoms with Gasteiger partial charge < -0.3 is 0 Å². The second-order valence-electron chi connectivity index (χ2n) is 3.17. The molecule has 0 saturated carbocycles. The van der Waals surface area contributed by atoms with Crippen LogP contribution in [0.15, 0.2) is 29.3 Å². The van der Waals surface area contributed by atoms with Crippen molar-refractivity contribution in [3.05, 3.63) is 36.0 Å². The van der Waals surface area contributed by atoms with Crippen LogP contribution in [0.3, 0.4) is 0 Å². The summed E-state index contributed by atoms with van der Waals surface area (Å²) < 4.78 is 48.8. The first-order valence-electron chi connectivity index (χ1n) is 4.33. The molecule has 0 aliphatic rings. The number of halogens is 3. The molecule has 1 aromatic heterocycles. The van der Waals surface area contributed by atoms with E-state index in [-0.39, 0.29) is 11.3 Å². The lowest BCUT2D eigenvalue weighted by Gasteiger charge is -2.02. The predicted molar refractivity (Wildman–Crippen MR) is 57.0 cm³/mol. The summed E-state index contributed by atoms with van der Waals surface area (Å²) in [6, 6.07) is 2.66. The monoisotopic (exact) mass is 278 g/mol. The number of aromatic nitrogens is 2. The van der Waals surface area contributed by atoms with Gasteiger partial charge in [0.25, 0.3) is 9.05 Å². The predicted octanol–water partition coefficient (Wildman–Crippen LogP) is 2.28. The maximum absolute atomic E-state index is 13.4. The molecular weight excluding hydrogens is 274 g/mol. The van der Waals surface area contributed by atoms with E-state index in [1.54, 1.807) is 0 Å². The van der Waals surface area contributed by atoms with E-state index in [2.05, 4.69) is 10.2 Å². The Bertz CT molecular complexity index is 669. The van der Waals surface area contributed by atoms with E-state index < -0.39 is 25.6 Å². The Morgan fingerprint density at radius 1 is 1.29 bits per heavy atom. The molecule has 1 N–H and O–H groups in total. The number of hydrogen-bond acceptors (Lipinski definition) is 3. The largest absolute Gasteiger partial charge is 0.276 e. The van der Waals surface area contributed by atoms with E-state index in [1.165, 1.54) is 0 Å². The highest BCUT2D eigenvalue weighted by Gasteiger charge is 2.21. The molecule has 0 aliphatic heterocycles. The van der Waals surface area contributed by atoms with Crippen molar-refractivity contribution in [1.29, 1.82) is 0 Å². The van der Waals surface area contributed by atoms with Gasteiger partial charge in [-0.25, -0.2) is 17.2 Å². The van der Waals surface area contributed by atoms with Crippen LogP contribution < -0.4 is 0 Å². The highest BCUT2D eigenvalue weighted by atomic mass is 35.7. The average molecular weight is 279 g/mol. The van der Waals surface area contributed by atoms with Gasteiger partial charge >= 0.3 is 0 Å². The van der Waals surface area contributed by atoms with Crippen LogP contribution in [0, 0.1) is 11.6 Å². The van der Waals surface area contributed by atoms with Crippen LogP contribution in [0.5, 0.6) is 0 Å². The molecule has 0 spiro atoms. The van der Waals surface area contributed by atoms with Crippen molar-refractivity contribution in [3.63, 3.8) is 0 Å². The molecule has 4 nitrogen and oxygen atoms in total. The molecule has 1 heterocycles. The number of rotatable bonds is 2. The minimum absolute atomic E-state index is 0.183. The first-order valence-corrected chi connectivity index (χ1v) is 6.64. The summed E-state index contributed by atoms with van der Waals surface area (Å²) in [5, 5.41) is 5.73. The Hall–Kier alpha value is -1.47. The summed E-state index contributed by atoms with van der Waals surface area (Å²) >= 11 is 0. The number of aromatic amines is 1. The fourth-order valence-corrected chi connectivity index (χ4v) is 2.27. The maximum Gasteiger partial charge on any atom is 0.265 e. The molecule has 0 bridgehead atoms. The summed E-state index contributed by atoms with van der Waals surface area (Å²) in [7, 11) is 1.06. The molecule has 90 valence electrons. The molecule has 0 aliphatic carbocycles. The third-order valence-corrected chi connectivity index (χ3v) is 3.40. The highest BCUT2D eigenvalue weighted by Crippen LogP contribution is 2.29. The maximum atomic E-state index is 13.4. The Balaban J connectivity index is 2.70. The Morgan fingerprint density at radius 3 is 2.65 bits per heavy atom. The Labute approximate surface area is 99.6 Å². The molecule has 0 fully saturated rings. The zero-order chi connectivity index (χ0) is 12.6. The standard InChI is InChI=1S/C9H5ClF2N2O2S/c10-17(15,16)8-4-13-14-9(8)6-3-5(11)1-2-7(6)12/h1-4H,(H,13,14). The lowest BCUT2D eigenvalue weighted by atomic mass is 10.1. The van der Waals surface area contributed by atoms with E-state index in [9.17, 15) is 17.2 Å². The normalized spacial score (nSPS) is 11.7. The van der Waals surface area contributed by atoms with Crippen LogP contribution in [0.4, 0.5) is 8.78 Å². The van der Waals surface area contributed by atoms with E-state index in [1.807, 2.05) is 0 Å². The van der Waals surface area contributed by atoms with Crippen molar-refractivity contribution in [2.45, 2.75) is 4.90 Å².